The van der Waals surface area contributed by atoms with Crippen molar-refractivity contribution >= 4 is 91.5 Å². The molecule has 0 atom stereocenters. The van der Waals surface area contributed by atoms with Crippen molar-refractivity contribution in [3.63, 3.8) is 0 Å². The largest absolute Gasteiger partial charge is 0.457 e. The number of aromatic nitrogens is 1. The van der Waals surface area contributed by atoms with Gasteiger partial charge in [0, 0.05) is 65.2 Å². The summed E-state index contributed by atoms with van der Waals surface area (Å²) in [6.45, 7) is 0.781. The minimum absolute atomic E-state index is 0.0154. The van der Waals surface area contributed by atoms with E-state index in [9.17, 15) is 0 Å². The molecule has 0 aliphatic carbocycles. The second-order valence-electron chi connectivity index (χ2n) is 16.2. The molecule has 0 saturated heterocycles. The summed E-state index contributed by atoms with van der Waals surface area (Å²) >= 11 is 0. The Bertz CT molecular complexity index is 3040. The molecule has 9 aromatic rings. The lowest BCUT2D eigenvalue weighted by Gasteiger charge is -2.44. The highest BCUT2D eigenvalue weighted by atomic mass is 16.5. The molecule has 0 bridgehead atoms. The van der Waals surface area contributed by atoms with Gasteiger partial charge in [-0.15, -0.1) is 0 Å². The molecule has 1 aromatic heterocycles. The molecule has 0 unspecified atom stereocenters. The van der Waals surface area contributed by atoms with Gasteiger partial charge in [-0.1, -0.05) is 103 Å². The van der Waals surface area contributed by atoms with E-state index >= 15 is 0 Å². The molecular weight excluding hydrogens is 771 g/mol. The molecule has 300 valence electrons. The van der Waals surface area contributed by atoms with E-state index in [1.807, 2.05) is 30.5 Å². The Morgan fingerprint density at radius 1 is 0.460 bits per heavy atom. The molecule has 7 nitrogen and oxygen atoms in total. The fraction of sp³-hybridized carbons (Fsp3) is 0.0364. The molecule has 0 radical (unpaired) electrons. The van der Waals surface area contributed by atoms with Gasteiger partial charge < -0.3 is 24.3 Å². The highest BCUT2D eigenvalue weighted by molar-refractivity contribution is 7.00. The SMILES string of the molecule is CN1CN(c2cccc(Oc3cccc(N(c4cc5c6c(c4)N(c4ccccc4)c4ccccc4B6c4ccccc4N5c4ccccc4)c4ccccn4)c3)c2)c2ccccc21. The van der Waals surface area contributed by atoms with E-state index in [0.717, 1.165) is 63.8 Å². The van der Waals surface area contributed by atoms with Crippen LogP contribution in [0.1, 0.15) is 0 Å². The molecule has 0 amide bonds. The van der Waals surface area contributed by atoms with Crippen molar-refractivity contribution in [2.75, 3.05) is 38.2 Å². The maximum Gasteiger partial charge on any atom is 0.252 e. The van der Waals surface area contributed by atoms with Crippen molar-refractivity contribution in [3.8, 4) is 11.5 Å². The van der Waals surface area contributed by atoms with Crippen molar-refractivity contribution in [1.82, 2.24) is 4.98 Å². The van der Waals surface area contributed by atoms with Gasteiger partial charge in [-0.2, -0.15) is 0 Å². The topological polar surface area (TPSA) is 38.3 Å². The van der Waals surface area contributed by atoms with Crippen LogP contribution in [0.25, 0.3) is 0 Å². The van der Waals surface area contributed by atoms with Crippen molar-refractivity contribution in [3.05, 3.63) is 219 Å². The van der Waals surface area contributed by atoms with E-state index in [1.165, 1.54) is 39.1 Å². The number of para-hydroxylation sites is 6. The molecule has 8 aromatic carbocycles. The van der Waals surface area contributed by atoms with E-state index in [4.69, 9.17) is 9.72 Å². The Kier molecular flexibility index (Phi) is 8.74. The summed E-state index contributed by atoms with van der Waals surface area (Å²) in [5.41, 5.74) is 15.9. The molecule has 0 spiro atoms. The zero-order valence-electron chi connectivity index (χ0n) is 34.7. The van der Waals surface area contributed by atoms with Crippen LogP contribution in [0.2, 0.25) is 0 Å². The molecule has 0 saturated carbocycles. The van der Waals surface area contributed by atoms with Crippen LogP contribution in [0.5, 0.6) is 11.5 Å². The standard InChI is InChI=1S/C55H41BN6O/c1-58-38-59(51-31-13-12-30-50(51)58)41-22-16-24-44(34-41)63-45-25-17-23-42(35-45)60(54-32-14-15-33-57-54)43-36-52-55-53(37-43)62(40-20-6-3-7-21-40)49-29-11-9-27-47(49)56(55)46-26-8-10-28-48(46)61(52)39-18-4-2-5-19-39/h2-37H,38H2,1H3. The minimum Gasteiger partial charge on any atom is -0.457 e. The monoisotopic (exact) mass is 812 g/mol. The zero-order chi connectivity index (χ0) is 41.9. The first kappa shape index (κ1) is 36.6. The van der Waals surface area contributed by atoms with Crippen molar-refractivity contribution < 1.29 is 4.74 Å². The van der Waals surface area contributed by atoms with Crippen LogP contribution in [-0.4, -0.2) is 25.4 Å². The maximum absolute atomic E-state index is 6.74. The zero-order valence-corrected chi connectivity index (χ0v) is 34.7. The molecule has 0 fully saturated rings. The first-order chi connectivity index (χ1) is 31.2. The first-order valence-electron chi connectivity index (χ1n) is 21.4. The quantitative estimate of drug-likeness (QED) is 0.142. The van der Waals surface area contributed by atoms with Crippen LogP contribution in [0.4, 0.5) is 68.4 Å². The fourth-order valence-electron chi connectivity index (χ4n) is 9.76. The van der Waals surface area contributed by atoms with Crippen molar-refractivity contribution in [1.29, 1.82) is 0 Å². The van der Waals surface area contributed by atoms with Gasteiger partial charge >= 0.3 is 0 Å². The summed E-state index contributed by atoms with van der Waals surface area (Å²) < 4.78 is 6.74. The van der Waals surface area contributed by atoms with Gasteiger partial charge in [0.1, 0.15) is 17.3 Å². The average molecular weight is 813 g/mol. The van der Waals surface area contributed by atoms with Gasteiger partial charge in [0.25, 0.3) is 6.71 Å². The van der Waals surface area contributed by atoms with Crippen LogP contribution in [0.3, 0.4) is 0 Å². The molecule has 3 aliphatic heterocycles. The Balaban J connectivity index is 1.03. The Labute approximate surface area is 368 Å². The van der Waals surface area contributed by atoms with Gasteiger partial charge in [0.05, 0.1) is 29.4 Å². The number of pyridine rings is 1. The van der Waals surface area contributed by atoms with Gasteiger partial charge in [0.2, 0.25) is 0 Å². The van der Waals surface area contributed by atoms with E-state index in [1.54, 1.807) is 0 Å². The second-order valence-corrected chi connectivity index (χ2v) is 16.2. The van der Waals surface area contributed by atoms with Crippen LogP contribution in [0.15, 0.2) is 219 Å². The molecular formula is C55H41BN6O. The number of hydrogen-bond donors (Lipinski definition) is 0. The molecule has 8 heteroatoms. The number of hydrogen-bond acceptors (Lipinski definition) is 7. The van der Waals surface area contributed by atoms with Crippen LogP contribution < -0.4 is 45.6 Å². The number of nitrogens with zero attached hydrogens (tertiary/aromatic N) is 6. The predicted octanol–water partition coefficient (Wildman–Crippen LogP) is 12.0. The third-order valence-corrected chi connectivity index (χ3v) is 12.4. The highest BCUT2D eigenvalue weighted by Crippen LogP contribution is 2.48. The highest BCUT2D eigenvalue weighted by Gasteiger charge is 2.43. The van der Waals surface area contributed by atoms with Crippen molar-refractivity contribution in [2.45, 2.75) is 0 Å². The summed E-state index contributed by atoms with van der Waals surface area (Å²) in [5, 5.41) is 0. The number of benzene rings is 8. The van der Waals surface area contributed by atoms with E-state index < -0.39 is 0 Å². The van der Waals surface area contributed by atoms with Gasteiger partial charge in [-0.05, 0) is 113 Å². The normalized spacial score (nSPS) is 13.3. The Morgan fingerprint density at radius 3 is 1.63 bits per heavy atom. The molecule has 4 heterocycles. The summed E-state index contributed by atoms with van der Waals surface area (Å²) in [6, 6.07) is 75.2. The summed E-state index contributed by atoms with van der Waals surface area (Å²) in [7, 11) is 2.13. The van der Waals surface area contributed by atoms with Gasteiger partial charge in [-0.25, -0.2) is 4.98 Å². The second kappa shape index (κ2) is 15.0. The van der Waals surface area contributed by atoms with E-state index in [2.05, 4.69) is 220 Å². The van der Waals surface area contributed by atoms with E-state index in [-0.39, 0.29) is 6.71 Å². The Morgan fingerprint density at radius 2 is 1.00 bits per heavy atom. The summed E-state index contributed by atoms with van der Waals surface area (Å²) in [6.07, 6.45) is 1.86. The summed E-state index contributed by atoms with van der Waals surface area (Å²) in [5.74, 6) is 2.28. The van der Waals surface area contributed by atoms with Crippen LogP contribution in [0, 0.1) is 0 Å². The predicted molar refractivity (Wildman–Crippen MR) is 261 cm³/mol. The number of rotatable bonds is 8. The lowest BCUT2D eigenvalue weighted by Crippen LogP contribution is -2.61. The molecule has 0 N–H and O–H groups in total. The first-order valence-corrected chi connectivity index (χ1v) is 21.4. The molecule has 12 rings (SSSR count). The third-order valence-electron chi connectivity index (χ3n) is 12.4. The fourth-order valence-corrected chi connectivity index (χ4v) is 9.76. The number of ether oxygens (including phenoxy) is 1. The lowest BCUT2D eigenvalue weighted by atomic mass is 9.33. The van der Waals surface area contributed by atoms with E-state index in [0.29, 0.717) is 0 Å². The van der Waals surface area contributed by atoms with Crippen molar-refractivity contribution in [2.24, 2.45) is 0 Å². The summed E-state index contributed by atoms with van der Waals surface area (Å²) in [4.78, 5) is 16.7. The van der Waals surface area contributed by atoms with Gasteiger partial charge in [0.15, 0.2) is 0 Å². The maximum atomic E-state index is 6.74. The van der Waals surface area contributed by atoms with Crippen LogP contribution >= 0.6 is 0 Å². The molecule has 3 aliphatic rings. The number of fused-ring (bicyclic) bond motifs is 5. The van der Waals surface area contributed by atoms with Crippen LogP contribution in [-0.2, 0) is 0 Å². The lowest BCUT2D eigenvalue weighted by molar-refractivity contribution is 0.483. The minimum atomic E-state index is 0.0154. The smallest absolute Gasteiger partial charge is 0.252 e. The molecule has 63 heavy (non-hydrogen) atoms. The number of anilines is 12. The third kappa shape index (κ3) is 6.18. The Hall–Kier alpha value is -8.23. The average Bonchev–Trinajstić information content (AvgIpc) is 3.68. The van der Waals surface area contributed by atoms with Gasteiger partial charge in [-0.3, -0.25) is 4.90 Å².